The topological polar surface area (TPSA) is 140 Å². The lowest BCUT2D eigenvalue weighted by Gasteiger charge is -2.32. The summed E-state index contributed by atoms with van der Waals surface area (Å²) in [5.41, 5.74) is 0.734. The Morgan fingerprint density at radius 1 is 1.03 bits per heavy atom. The molecule has 0 aliphatic heterocycles. The van der Waals surface area contributed by atoms with Crippen molar-refractivity contribution in [2.24, 2.45) is 0 Å². The van der Waals surface area contributed by atoms with Crippen LogP contribution in [0.25, 0.3) is 0 Å². The van der Waals surface area contributed by atoms with Gasteiger partial charge in [0, 0.05) is 6.07 Å². The number of hydrogen-bond acceptors (Lipinski definition) is 6. The zero-order valence-electron chi connectivity index (χ0n) is 19.5. The molecule has 0 bridgehead atoms. The molecule has 10 nitrogen and oxygen atoms in total. The first kappa shape index (κ1) is 25.4. The van der Waals surface area contributed by atoms with Gasteiger partial charge in [0.25, 0.3) is 10.0 Å². The highest BCUT2D eigenvalue weighted by atomic mass is 32.2. The van der Waals surface area contributed by atoms with Crippen LogP contribution in [0.15, 0.2) is 71.6 Å². The summed E-state index contributed by atoms with van der Waals surface area (Å²) in [7, 11) is -3.97. The summed E-state index contributed by atoms with van der Waals surface area (Å²) in [4.78, 5) is 24.6. The first-order chi connectivity index (χ1) is 17.3. The predicted octanol–water partition coefficient (Wildman–Crippen LogP) is 3.03. The normalized spacial score (nSPS) is 17.9. The van der Waals surface area contributed by atoms with E-state index in [1.807, 2.05) is 30.3 Å². The minimum Gasteiger partial charge on any atom is -0.477 e. The summed E-state index contributed by atoms with van der Waals surface area (Å²) in [5, 5.41) is 16.5. The number of aromatic carboxylic acids is 1. The molecule has 11 heteroatoms. The Kier molecular flexibility index (Phi) is 8.01. The number of nitrogens with one attached hydrogen (secondary N) is 2. The van der Waals surface area contributed by atoms with Gasteiger partial charge in [0.05, 0.1) is 23.6 Å². The van der Waals surface area contributed by atoms with E-state index in [0.717, 1.165) is 42.0 Å². The summed E-state index contributed by atoms with van der Waals surface area (Å²) in [5.74, 6) is -1.95. The van der Waals surface area contributed by atoms with Crippen molar-refractivity contribution in [3.05, 3.63) is 78.0 Å². The Labute approximate surface area is 209 Å². The highest BCUT2D eigenvalue weighted by Gasteiger charge is 2.28. The first-order valence-corrected chi connectivity index (χ1v) is 13.1. The second-order valence-corrected chi connectivity index (χ2v) is 10.3. The quantitative estimate of drug-likeness (QED) is 0.379. The Morgan fingerprint density at radius 2 is 1.69 bits per heavy atom. The average molecular weight is 513 g/mol. The van der Waals surface area contributed by atoms with Crippen molar-refractivity contribution in [3.8, 4) is 0 Å². The standard InChI is InChI=1S/C25H28N4O6S/c30-24(26-20-13-7-8-14-22(20)35-17-18-9-3-1-4-10-18)16-29-21(25(31)32)15-23(27-29)28-36(33,34)19-11-5-2-6-12-19/h1-6,9-12,15,20,22H,7-8,13-14,16-17H2,(H,26,30)(H,27,28)(H,31,32). The van der Waals surface area contributed by atoms with Crippen molar-refractivity contribution in [2.45, 2.75) is 55.9 Å². The number of ether oxygens (including phenoxy) is 1. The molecule has 1 aliphatic rings. The average Bonchev–Trinajstić information content (AvgIpc) is 3.26. The van der Waals surface area contributed by atoms with Crippen LogP contribution in [0.3, 0.4) is 0 Å². The molecule has 1 aromatic heterocycles. The first-order valence-electron chi connectivity index (χ1n) is 11.7. The number of amides is 1. The lowest BCUT2D eigenvalue weighted by atomic mass is 9.92. The Morgan fingerprint density at radius 3 is 2.39 bits per heavy atom. The summed E-state index contributed by atoms with van der Waals surface area (Å²) in [6, 6.07) is 18.3. The smallest absolute Gasteiger partial charge is 0.354 e. The van der Waals surface area contributed by atoms with Crippen LogP contribution in [0, 0.1) is 0 Å². The molecule has 1 fully saturated rings. The summed E-state index contributed by atoms with van der Waals surface area (Å²) < 4.78 is 34.5. The van der Waals surface area contributed by atoms with Crippen molar-refractivity contribution in [1.29, 1.82) is 0 Å². The number of hydrogen-bond donors (Lipinski definition) is 3. The number of aromatic nitrogens is 2. The molecular formula is C25H28N4O6S. The number of anilines is 1. The molecule has 36 heavy (non-hydrogen) atoms. The fourth-order valence-electron chi connectivity index (χ4n) is 4.18. The van der Waals surface area contributed by atoms with Crippen LogP contribution in [0.5, 0.6) is 0 Å². The fourth-order valence-corrected chi connectivity index (χ4v) is 5.19. The number of carbonyl (C=O) groups excluding carboxylic acids is 1. The van der Waals surface area contributed by atoms with Crippen molar-refractivity contribution in [3.63, 3.8) is 0 Å². The van der Waals surface area contributed by atoms with Crippen molar-refractivity contribution < 1.29 is 27.9 Å². The SMILES string of the molecule is O=C(Cn1nc(NS(=O)(=O)c2ccccc2)cc1C(=O)O)NC1CCCCC1OCc1ccccc1. The molecule has 0 radical (unpaired) electrons. The van der Waals surface area contributed by atoms with Crippen LogP contribution < -0.4 is 10.0 Å². The lowest BCUT2D eigenvalue weighted by molar-refractivity contribution is -0.124. The molecule has 190 valence electrons. The van der Waals surface area contributed by atoms with E-state index in [1.54, 1.807) is 18.2 Å². The number of carboxylic acid groups (broad SMARTS) is 1. The van der Waals surface area contributed by atoms with E-state index in [1.165, 1.54) is 12.1 Å². The van der Waals surface area contributed by atoms with E-state index in [0.29, 0.717) is 6.61 Å². The highest BCUT2D eigenvalue weighted by Crippen LogP contribution is 2.23. The van der Waals surface area contributed by atoms with E-state index >= 15 is 0 Å². The molecule has 2 atom stereocenters. The number of carboxylic acids is 1. The van der Waals surface area contributed by atoms with Gasteiger partial charge in [-0.25, -0.2) is 17.9 Å². The minimum absolute atomic E-state index is 0.00742. The maximum Gasteiger partial charge on any atom is 0.354 e. The third-order valence-electron chi connectivity index (χ3n) is 5.94. The molecule has 3 aromatic rings. The van der Waals surface area contributed by atoms with E-state index < -0.39 is 21.9 Å². The predicted molar refractivity (Wildman–Crippen MR) is 132 cm³/mol. The Balaban J connectivity index is 1.42. The molecule has 0 saturated heterocycles. The second-order valence-electron chi connectivity index (χ2n) is 8.59. The zero-order valence-corrected chi connectivity index (χ0v) is 20.4. The fraction of sp³-hybridized carbons (Fsp3) is 0.320. The van der Waals surface area contributed by atoms with Gasteiger partial charge in [0.15, 0.2) is 5.82 Å². The minimum atomic E-state index is -3.97. The number of benzene rings is 2. The van der Waals surface area contributed by atoms with Gasteiger partial charge >= 0.3 is 5.97 Å². The highest BCUT2D eigenvalue weighted by molar-refractivity contribution is 7.92. The Bertz CT molecular complexity index is 1290. The van der Waals surface area contributed by atoms with E-state index in [9.17, 15) is 23.1 Å². The number of rotatable bonds is 10. The van der Waals surface area contributed by atoms with Crippen molar-refractivity contribution >= 4 is 27.7 Å². The molecule has 1 aliphatic carbocycles. The number of carbonyl (C=O) groups is 2. The maximum absolute atomic E-state index is 12.8. The van der Waals surface area contributed by atoms with Gasteiger partial charge in [0.1, 0.15) is 12.2 Å². The van der Waals surface area contributed by atoms with Crippen LogP contribution >= 0.6 is 0 Å². The van der Waals surface area contributed by atoms with Gasteiger partial charge in [-0.05, 0) is 30.5 Å². The molecule has 2 unspecified atom stereocenters. The monoisotopic (exact) mass is 512 g/mol. The number of sulfonamides is 1. The van der Waals surface area contributed by atoms with Gasteiger partial charge in [0.2, 0.25) is 5.91 Å². The van der Waals surface area contributed by atoms with Crippen LogP contribution in [0.4, 0.5) is 5.82 Å². The summed E-state index contributed by atoms with van der Waals surface area (Å²) in [6.45, 7) is 0.0573. The number of nitrogens with zero attached hydrogens (tertiary/aromatic N) is 2. The van der Waals surface area contributed by atoms with Crippen LogP contribution in [-0.2, 0) is 32.7 Å². The van der Waals surface area contributed by atoms with Crippen molar-refractivity contribution in [2.75, 3.05) is 4.72 Å². The summed E-state index contributed by atoms with van der Waals surface area (Å²) in [6.07, 6.45) is 3.35. The molecule has 1 saturated carbocycles. The van der Waals surface area contributed by atoms with Gasteiger partial charge < -0.3 is 15.2 Å². The molecule has 2 aromatic carbocycles. The van der Waals surface area contributed by atoms with E-state index in [2.05, 4.69) is 15.1 Å². The maximum atomic E-state index is 12.8. The third-order valence-corrected chi connectivity index (χ3v) is 7.31. The largest absolute Gasteiger partial charge is 0.477 e. The zero-order chi connectivity index (χ0) is 25.5. The molecular weight excluding hydrogens is 484 g/mol. The van der Waals surface area contributed by atoms with Gasteiger partial charge in [-0.2, -0.15) is 5.10 Å². The van der Waals surface area contributed by atoms with E-state index in [4.69, 9.17) is 4.74 Å². The van der Waals surface area contributed by atoms with E-state index in [-0.39, 0.29) is 35.1 Å². The Hall–Kier alpha value is -3.70. The third kappa shape index (κ3) is 6.49. The molecule has 1 amide bonds. The summed E-state index contributed by atoms with van der Waals surface area (Å²) >= 11 is 0. The molecule has 3 N–H and O–H groups in total. The van der Waals surface area contributed by atoms with Crippen LogP contribution in [0.2, 0.25) is 0 Å². The molecule has 0 spiro atoms. The van der Waals surface area contributed by atoms with Crippen LogP contribution in [0.1, 0.15) is 41.7 Å². The molecule has 1 heterocycles. The van der Waals surface area contributed by atoms with Gasteiger partial charge in [-0.3, -0.25) is 9.52 Å². The van der Waals surface area contributed by atoms with Crippen LogP contribution in [-0.4, -0.2) is 47.3 Å². The lowest BCUT2D eigenvalue weighted by Crippen LogP contribution is -2.47. The van der Waals surface area contributed by atoms with Crippen molar-refractivity contribution in [1.82, 2.24) is 15.1 Å². The molecule has 4 rings (SSSR count). The van der Waals surface area contributed by atoms with Gasteiger partial charge in [-0.15, -0.1) is 0 Å². The second kappa shape index (κ2) is 11.4. The van der Waals surface area contributed by atoms with Gasteiger partial charge in [-0.1, -0.05) is 61.4 Å².